The number of ether oxygens (including phenoxy) is 1. The summed E-state index contributed by atoms with van der Waals surface area (Å²) in [6.45, 7) is 5.91. The maximum Gasteiger partial charge on any atom is 0.193 e. The molecule has 0 saturated carbocycles. The summed E-state index contributed by atoms with van der Waals surface area (Å²) in [6.07, 6.45) is 1.28. The first-order valence-corrected chi connectivity index (χ1v) is 8.48. The normalized spacial score (nSPS) is 18.8. The molecule has 1 aliphatic rings. The summed E-state index contributed by atoms with van der Waals surface area (Å²) in [4.78, 5) is 6.73. The lowest BCUT2D eigenvalue weighted by atomic mass is 10.1. The number of hydrogen-bond donors (Lipinski definition) is 2. The molecule has 0 bridgehead atoms. The Morgan fingerprint density at radius 3 is 2.79 bits per heavy atom. The average Bonchev–Trinajstić information content (AvgIpc) is 3.05. The fraction of sp³-hybridized carbons (Fsp3) is 0.611. The first-order chi connectivity index (χ1) is 11.2. The molecule has 0 aliphatic carbocycles. The van der Waals surface area contributed by atoms with Crippen LogP contribution in [0.3, 0.4) is 0 Å². The lowest BCUT2D eigenvalue weighted by Crippen LogP contribution is -2.42. The lowest BCUT2D eigenvalue weighted by molar-refractivity contribution is 0.179. The van der Waals surface area contributed by atoms with Gasteiger partial charge in [0, 0.05) is 39.1 Å². The standard InChI is InChI=1S/C18H29N3O2.HI/c1-3-19-18(21(2)13-16-9-10-23-14-16)20-12-17(22)11-15-7-5-4-6-8-15;/h4-8,16-17,22H,3,9-14H2,1-2H3,(H,19,20);1H. The zero-order chi connectivity index (χ0) is 16.5. The number of halogens is 1. The molecule has 0 amide bonds. The van der Waals surface area contributed by atoms with E-state index in [0.29, 0.717) is 18.9 Å². The Morgan fingerprint density at radius 2 is 2.17 bits per heavy atom. The van der Waals surface area contributed by atoms with Crippen LogP contribution in [0.2, 0.25) is 0 Å². The van der Waals surface area contributed by atoms with Crippen molar-refractivity contribution in [3.63, 3.8) is 0 Å². The summed E-state index contributed by atoms with van der Waals surface area (Å²) < 4.78 is 5.44. The molecular formula is C18H30IN3O2. The van der Waals surface area contributed by atoms with Gasteiger partial charge in [-0.3, -0.25) is 4.99 Å². The molecule has 0 radical (unpaired) electrons. The fourth-order valence-electron chi connectivity index (χ4n) is 2.81. The molecule has 1 heterocycles. The average molecular weight is 447 g/mol. The van der Waals surface area contributed by atoms with Crippen LogP contribution in [-0.4, -0.2) is 62.0 Å². The van der Waals surface area contributed by atoms with Gasteiger partial charge in [0.2, 0.25) is 0 Å². The number of aliphatic imine (C=N–C) groups is 1. The van der Waals surface area contributed by atoms with Crippen molar-refractivity contribution < 1.29 is 9.84 Å². The number of aliphatic hydroxyl groups excluding tert-OH is 1. The Balaban J connectivity index is 0.00000288. The van der Waals surface area contributed by atoms with Crippen LogP contribution >= 0.6 is 24.0 Å². The van der Waals surface area contributed by atoms with Crippen LogP contribution in [0.15, 0.2) is 35.3 Å². The molecule has 1 aromatic carbocycles. The van der Waals surface area contributed by atoms with Gasteiger partial charge in [0.05, 0.1) is 19.3 Å². The van der Waals surface area contributed by atoms with Crippen molar-refractivity contribution in [1.82, 2.24) is 10.2 Å². The van der Waals surface area contributed by atoms with E-state index >= 15 is 0 Å². The number of nitrogens with one attached hydrogen (secondary N) is 1. The second-order valence-corrected chi connectivity index (χ2v) is 6.15. The van der Waals surface area contributed by atoms with Gasteiger partial charge in [-0.1, -0.05) is 30.3 Å². The molecule has 2 unspecified atom stereocenters. The molecule has 0 aromatic heterocycles. The number of guanidine groups is 1. The van der Waals surface area contributed by atoms with E-state index in [1.165, 1.54) is 0 Å². The van der Waals surface area contributed by atoms with Gasteiger partial charge >= 0.3 is 0 Å². The van der Waals surface area contributed by atoms with Gasteiger partial charge in [-0.15, -0.1) is 24.0 Å². The topological polar surface area (TPSA) is 57.1 Å². The van der Waals surface area contributed by atoms with Crippen molar-refractivity contribution in [3.8, 4) is 0 Å². The number of nitrogens with zero attached hydrogens (tertiary/aromatic N) is 2. The smallest absolute Gasteiger partial charge is 0.193 e. The lowest BCUT2D eigenvalue weighted by Gasteiger charge is -2.24. The van der Waals surface area contributed by atoms with Gasteiger partial charge in [0.1, 0.15) is 0 Å². The largest absolute Gasteiger partial charge is 0.391 e. The predicted molar refractivity (Wildman–Crippen MR) is 109 cm³/mol. The molecule has 24 heavy (non-hydrogen) atoms. The first kappa shape index (κ1) is 21.2. The summed E-state index contributed by atoms with van der Waals surface area (Å²) in [7, 11) is 2.05. The highest BCUT2D eigenvalue weighted by atomic mass is 127. The molecule has 2 N–H and O–H groups in total. The highest BCUT2D eigenvalue weighted by Crippen LogP contribution is 2.13. The van der Waals surface area contributed by atoms with Gasteiger partial charge in [0.15, 0.2) is 5.96 Å². The molecule has 2 atom stereocenters. The molecule has 0 spiro atoms. The molecule has 6 heteroatoms. The van der Waals surface area contributed by atoms with E-state index in [0.717, 1.165) is 44.2 Å². The van der Waals surface area contributed by atoms with E-state index < -0.39 is 6.10 Å². The van der Waals surface area contributed by atoms with Crippen LogP contribution in [-0.2, 0) is 11.2 Å². The van der Waals surface area contributed by atoms with Crippen molar-refractivity contribution in [1.29, 1.82) is 0 Å². The Labute approximate surface area is 162 Å². The Morgan fingerprint density at radius 1 is 1.42 bits per heavy atom. The Kier molecular flexibility index (Phi) is 10.3. The van der Waals surface area contributed by atoms with Crippen molar-refractivity contribution >= 4 is 29.9 Å². The van der Waals surface area contributed by atoms with Crippen molar-refractivity contribution in [2.45, 2.75) is 25.9 Å². The third-order valence-corrected chi connectivity index (χ3v) is 4.02. The third kappa shape index (κ3) is 7.36. The van der Waals surface area contributed by atoms with Crippen LogP contribution in [0.1, 0.15) is 18.9 Å². The number of benzene rings is 1. The summed E-state index contributed by atoms with van der Waals surface area (Å²) in [5, 5.41) is 13.5. The molecule has 5 nitrogen and oxygen atoms in total. The van der Waals surface area contributed by atoms with Gasteiger partial charge in [-0.2, -0.15) is 0 Å². The summed E-state index contributed by atoms with van der Waals surface area (Å²) in [5.41, 5.74) is 1.14. The highest BCUT2D eigenvalue weighted by Gasteiger charge is 2.19. The van der Waals surface area contributed by atoms with Crippen LogP contribution in [0.5, 0.6) is 0 Å². The molecule has 1 aromatic rings. The molecule has 1 aliphatic heterocycles. The predicted octanol–water partition coefficient (Wildman–Crippen LogP) is 2.14. The molecule has 136 valence electrons. The van der Waals surface area contributed by atoms with Gasteiger partial charge in [0.25, 0.3) is 0 Å². The first-order valence-electron chi connectivity index (χ1n) is 8.48. The zero-order valence-corrected chi connectivity index (χ0v) is 17.0. The SMILES string of the molecule is CCNC(=NCC(O)Cc1ccccc1)N(C)CC1CCOC1.I. The minimum absolute atomic E-state index is 0. The number of hydrogen-bond acceptors (Lipinski definition) is 3. The number of aliphatic hydroxyl groups is 1. The van der Waals surface area contributed by atoms with E-state index in [2.05, 4.69) is 22.1 Å². The Hall–Kier alpha value is -0.860. The monoisotopic (exact) mass is 447 g/mol. The van der Waals surface area contributed by atoms with Gasteiger partial charge in [-0.25, -0.2) is 0 Å². The third-order valence-electron chi connectivity index (χ3n) is 4.02. The van der Waals surface area contributed by atoms with Crippen LogP contribution < -0.4 is 5.32 Å². The maximum absolute atomic E-state index is 10.2. The van der Waals surface area contributed by atoms with Crippen molar-refractivity contribution in [3.05, 3.63) is 35.9 Å². The van der Waals surface area contributed by atoms with Crippen LogP contribution in [0, 0.1) is 5.92 Å². The van der Waals surface area contributed by atoms with Crippen LogP contribution in [0.25, 0.3) is 0 Å². The van der Waals surface area contributed by atoms with E-state index in [1.807, 2.05) is 37.4 Å². The number of rotatable bonds is 7. The Bertz CT molecular complexity index is 478. The summed E-state index contributed by atoms with van der Waals surface area (Å²) in [5.74, 6) is 1.42. The van der Waals surface area contributed by atoms with Crippen molar-refractivity contribution in [2.24, 2.45) is 10.9 Å². The second kappa shape index (κ2) is 11.7. The maximum atomic E-state index is 10.2. The molecular weight excluding hydrogens is 417 g/mol. The van der Waals surface area contributed by atoms with Crippen LogP contribution in [0.4, 0.5) is 0 Å². The zero-order valence-electron chi connectivity index (χ0n) is 14.6. The summed E-state index contributed by atoms with van der Waals surface area (Å²) >= 11 is 0. The highest BCUT2D eigenvalue weighted by molar-refractivity contribution is 14.0. The van der Waals surface area contributed by atoms with Gasteiger partial charge in [-0.05, 0) is 18.9 Å². The second-order valence-electron chi connectivity index (χ2n) is 6.15. The van der Waals surface area contributed by atoms with E-state index in [-0.39, 0.29) is 24.0 Å². The molecule has 2 rings (SSSR count). The quantitative estimate of drug-likeness (QED) is 0.382. The molecule has 1 fully saturated rings. The van der Waals surface area contributed by atoms with E-state index in [9.17, 15) is 5.11 Å². The van der Waals surface area contributed by atoms with Gasteiger partial charge < -0.3 is 20.1 Å². The van der Waals surface area contributed by atoms with Crippen molar-refractivity contribution in [2.75, 3.05) is 39.9 Å². The van der Waals surface area contributed by atoms with E-state index in [1.54, 1.807) is 0 Å². The minimum atomic E-state index is -0.464. The fourth-order valence-corrected chi connectivity index (χ4v) is 2.81. The minimum Gasteiger partial charge on any atom is -0.391 e. The summed E-state index contributed by atoms with van der Waals surface area (Å²) in [6, 6.07) is 10.0. The van der Waals surface area contributed by atoms with E-state index in [4.69, 9.17) is 4.74 Å². The molecule has 1 saturated heterocycles.